The number of esters is 1. The molecule has 0 amide bonds. The van der Waals surface area contributed by atoms with E-state index in [-0.39, 0.29) is 5.97 Å². The van der Waals surface area contributed by atoms with Gasteiger partial charge in [-0.3, -0.25) is 4.99 Å². The van der Waals surface area contributed by atoms with Crippen LogP contribution >= 0.6 is 22.6 Å². The van der Waals surface area contributed by atoms with Gasteiger partial charge in [-0.05, 0) is 53.3 Å². The van der Waals surface area contributed by atoms with Crippen molar-refractivity contribution in [2.24, 2.45) is 4.99 Å². The highest BCUT2D eigenvalue weighted by molar-refractivity contribution is 14.1. The molecule has 0 spiro atoms. The van der Waals surface area contributed by atoms with Gasteiger partial charge in [0.05, 0.1) is 18.4 Å². The minimum absolute atomic E-state index is 0.339. The molecule has 0 aromatic heterocycles. The number of aliphatic imine (C=N–C) groups is 1. The summed E-state index contributed by atoms with van der Waals surface area (Å²) in [6.07, 6.45) is 1.81. The van der Waals surface area contributed by atoms with E-state index in [1.807, 2.05) is 49.5 Å². The number of hydrogen-bond donors (Lipinski definition) is 0. The number of halogens is 1. The Morgan fingerprint density at radius 1 is 1.20 bits per heavy atom. The van der Waals surface area contributed by atoms with Crippen LogP contribution in [0, 0.1) is 10.5 Å². The maximum atomic E-state index is 11.6. The van der Waals surface area contributed by atoms with Gasteiger partial charge in [-0.15, -0.1) is 0 Å². The highest BCUT2D eigenvalue weighted by atomic mass is 127. The van der Waals surface area contributed by atoms with Crippen LogP contribution in [0.3, 0.4) is 0 Å². The van der Waals surface area contributed by atoms with E-state index in [4.69, 9.17) is 4.74 Å². The summed E-state index contributed by atoms with van der Waals surface area (Å²) in [6, 6.07) is 13.4. The molecule has 3 nitrogen and oxygen atoms in total. The van der Waals surface area contributed by atoms with E-state index >= 15 is 0 Å². The molecule has 0 aliphatic rings. The first kappa shape index (κ1) is 14.7. The van der Waals surface area contributed by atoms with Crippen molar-refractivity contribution in [3.8, 4) is 0 Å². The summed E-state index contributed by atoms with van der Waals surface area (Å²) in [5.41, 5.74) is 3.19. The summed E-state index contributed by atoms with van der Waals surface area (Å²) in [6.45, 7) is 1.87. The molecular formula is C16H14INO2. The Hall–Kier alpha value is -1.69. The summed E-state index contributed by atoms with van der Waals surface area (Å²) >= 11 is 2.27. The van der Waals surface area contributed by atoms with E-state index in [2.05, 4.69) is 27.6 Å². The number of carbonyl (C=O) groups is 1. The smallest absolute Gasteiger partial charge is 0.338 e. The van der Waals surface area contributed by atoms with Gasteiger partial charge in [0.15, 0.2) is 0 Å². The van der Waals surface area contributed by atoms with Gasteiger partial charge in [-0.2, -0.15) is 0 Å². The van der Waals surface area contributed by atoms with Gasteiger partial charge in [0, 0.05) is 15.3 Å². The predicted octanol–water partition coefficient (Wildman–Crippen LogP) is 4.14. The maximum absolute atomic E-state index is 11.6. The van der Waals surface area contributed by atoms with Gasteiger partial charge in [0.1, 0.15) is 0 Å². The second-order valence-corrected chi connectivity index (χ2v) is 5.38. The summed E-state index contributed by atoms with van der Waals surface area (Å²) in [5, 5.41) is 0. The molecule has 20 heavy (non-hydrogen) atoms. The summed E-state index contributed by atoms with van der Waals surface area (Å²) < 4.78 is 5.90. The van der Waals surface area contributed by atoms with Crippen LogP contribution in [0.4, 0.5) is 5.69 Å². The van der Waals surface area contributed by atoms with Crippen molar-refractivity contribution in [3.63, 3.8) is 0 Å². The fourth-order valence-electron chi connectivity index (χ4n) is 1.81. The van der Waals surface area contributed by atoms with Crippen LogP contribution in [0.2, 0.25) is 0 Å². The SMILES string of the molecule is COC(=O)c1cccc(N=Cc2ccccc2I)c1C. The van der Waals surface area contributed by atoms with Gasteiger partial charge >= 0.3 is 5.97 Å². The lowest BCUT2D eigenvalue weighted by atomic mass is 10.1. The molecule has 0 atom stereocenters. The minimum atomic E-state index is -0.339. The van der Waals surface area contributed by atoms with E-state index in [1.54, 1.807) is 6.07 Å². The average molecular weight is 379 g/mol. The predicted molar refractivity (Wildman–Crippen MR) is 88.9 cm³/mol. The lowest BCUT2D eigenvalue weighted by Crippen LogP contribution is -2.03. The van der Waals surface area contributed by atoms with E-state index in [9.17, 15) is 4.79 Å². The zero-order valence-corrected chi connectivity index (χ0v) is 13.4. The Kier molecular flexibility index (Phi) is 4.89. The Morgan fingerprint density at radius 2 is 1.95 bits per heavy atom. The lowest BCUT2D eigenvalue weighted by molar-refractivity contribution is 0.0600. The van der Waals surface area contributed by atoms with E-state index in [0.29, 0.717) is 5.56 Å². The van der Waals surface area contributed by atoms with Crippen molar-refractivity contribution in [2.75, 3.05) is 7.11 Å². The summed E-state index contributed by atoms with van der Waals surface area (Å²) in [4.78, 5) is 16.1. The number of methoxy groups -OCH3 is 1. The number of ether oxygens (including phenoxy) is 1. The van der Waals surface area contributed by atoms with Gasteiger partial charge in [0.2, 0.25) is 0 Å². The third-order valence-corrected chi connectivity index (χ3v) is 3.94. The van der Waals surface area contributed by atoms with Gasteiger partial charge in [-0.1, -0.05) is 24.3 Å². The topological polar surface area (TPSA) is 38.7 Å². The van der Waals surface area contributed by atoms with Crippen LogP contribution < -0.4 is 0 Å². The van der Waals surface area contributed by atoms with Crippen molar-refractivity contribution >= 4 is 40.5 Å². The molecule has 102 valence electrons. The van der Waals surface area contributed by atoms with E-state index < -0.39 is 0 Å². The molecule has 0 saturated carbocycles. The molecule has 0 heterocycles. The Balaban J connectivity index is 2.35. The summed E-state index contributed by atoms with van der Waals surface area (Å²) in [7, 11) is 1.38. The van der Waals surface area contributed by atoms with Crippen LogP contribution in [-0.4, -0.2) is 19.3 Å². The molecule has 0 N–H and O–H groups in total. The standard InChI is InChI=1S/C16H14INO2/c1-11-13(16(19)20-2)7-5-9-15(11)18-10-12-6-3-4-8-14(12)17/h3-10H,1-2H3. The lowest BCUT2D eigenvalue weighted by Gasteiger charge is -2.06. The Labute approximate surface area is 131 Å². The molecule has 2 aromatic carbocycles. The van der Waals surface area contributed by atoms with Gasteiger partial charge in [-0.25, -0.2) is 4.79 Å². The zero-order valence-electron chi connectivity index (χ0n) is 11.3. The minimum Gasteiger partial charge on any atom is -0.465 e. The largest absolute Gasteiger partial charge is 0.465 e. The van der Waals surface area contributed by atoms with Gasteiger partial charge < -0.3 is 4.74 Å². The van der Waals surface area contributed by atoms with Crippen LogP contribution in [0.1, 0.15) is 21.5 Å². The molecule has 4 heteroatoms. The van der Waals surface area contributed by atoms with Crippen LogP contribution in [-0.2, 0) is 4.74 Å². The zero-order chi connectivity index (χ0) is 14.5. The molecule has 2 rings (SSSR count). The molecule has 0 aliphatic carbocycles. The third-order valence-electron chi connectivity index (χ3n) is 2.96. The Morgan fingerprint density at radius 3 is 2.65 bits per heavy atom. The van der Waals surface area contributed by atoms with E-state index in [1.165, 1.54) is 7.11 Å². The van der Waals surface area contributed by atoms with Crippen LogP contribution in [0.15, 0.2) is 47.5 Å². The molecule has 0 saturated heterocycles. The molecular weight excluding hydrogens is 365 g/mol. The molecule has 0 bridgehead atoms. The first-order chi connectivity index (χ1) is 9.63. The second kappa shape index (κ2) is 6.65. The second-order valence-electron chi connectivity index (χ2n) is 4.22. The quantitative estimate of drug-likeness (QED) is 0.457. The summed E-state index contributed by atoms with van der Waals surface area (Å²) in [5.74, 6) is -0.339. The highest BCUT2D eigenvalue weighted by Crippen LogP contribution is 2.22. The number of benzene rings is 2. The first-order valence-corrected chi connectivity index (χ1v) is 7.18. The molecule has 0 aliphatic heterocycles. The number of rotatable bonds is 3. The van der Waals surface area contributed by atoms with Gasteiger partial charge in [0.25, 0.3) is 0 Å². The van der Waals surface area contributed by atoms with E-state index in [0.717, 1.165) is 20.4 Å². The monoisotopic (exact) mass is 379 g/mol. The fraction of sp³-hybridized carbons (Fsp3) is 0.125. The molecule has 0 fully saturated rings. The van der Waals surface area contributed by atoms with Crippen molar-refractivity contribution < 1.29 is 9.53 Å². The molecule has 0 unspecified atom stereocenters. The van der Waals surface area contributed by atoms with Crippen molar-refractivity contribution in [3.05, 3.63) is 62.7 Å². The molecule has 0 radical (unpaired) electrons. The average Bonchev–Trinajstić information content (AvgIpc) is 2.47. The first-order valence-electron chi connectivity index (χ1n) is 6.10. The highest BCUT2D eigenvalue weighted by Gasteiger charge is 2.10. The number of nitrogens with zero attached hydrogens (tertiary/aromatic N) is 1. The van der Waals surface area contributed by atoms with Crippen molar-refractivity contribution in [1.82, 2.24) is 0 Å². The fourth-order valence-corrected chi connectivity index (χ4v) is 2.34. The normalized spacial score (nSPS) is 10.8. The Bertz CT molecular complexity index is 665. The third kappa shape index (κ3) is 3.25. The van der Waals surface area contributed by atoms with Crippen LogP contribution in [0.5, 0.6) is 0 Å². The number of hydrogen-bond acceptors (Lipinski definition) is 3. The van der Waals surface area contributed by atoms with Crippen molar-refractivity contribution in [2.45, 2.75) is 6.92 Å². The van der Waals surface area contributed by atoms with Crippen molar-refractivity contribution in [1.29, 1.82) is 0 Å². The maximum Gasteiger partial charge on any atom is 0.338 e. The number of carbonyl (C=O) groups excluding carboxylic acids is 1. The molecule has 2 aromatic rings. The van der Waals surface area contributed by atoms with Crippen LogP contribution in [0.25, 0.3) is 0 Å².